The Hall–Kier alpha value is -2.26. The van der Waals surface area contributed by atoms with E-state index in [9.17, 15) is 5.11 Å². The van der Waals surface area contributed by atoms with Crippen LogP contribution in [0.25, 0.3) is 0 Å². The molecule has 0 radical (unpaired) electrons. The Morgan fingerprint density at radius 1 is 1.19 bits per heavy atom. The van der Waals surface area contributed by atoms with Crippen molar-refractivity contribution in [2.24, 2.45) is 0 Å². The van der Waals surface area contributed by atoms with Crippen molar-refractivity contribution in [1.29, 1.82) is 0 Å². The first kappa shape index (κ1) is 12.5. The van der Waals surface area contributed by atoms with Crippen molar-refractivity contribution in [2.75, 3.05) is 0 Å². The zero-order valence-electron chi connectivity index (χ0n) is 11.2. The molecule has 0 saturated carbocycles. The van der Waals surface area contributed by atoms with Gasteiger partial charge in [0.05, 0.1) is 17.5 Å². The molecule has 1 unspecified atom stereocenters. The zero-order chi connectivity index (χ0) is 14.4. The van der Waals surface area contributed by atoms with E-state index in [1.165, 1.54) is 0 Å². The lowest BCUT2D eigenvalue weighted by Gasteiger charge is -2.24. The molecule has 0 bridgehead atoms. The fraction of sp³-hybridized carbons (Fsp3) is 0.118. The first-order chi connectivity index (χ1) is 10.3. The topological polar surface area (TPSA) is 37.3 Å². The van der Waals surface area contributed by atoms with Crippen LogP contribution in [0.4, 0.5) is 0 Å². The van der Waals surface area contributed by atoms with Crippen LogP contribution in [0.15, 0.2) is 59.5 Å². The number of halogens is 1. The van der Waals surface area contributed by atoms with Crippen molar-refractivity contribution in [3.8, 4) is 5.75 Å². The van der Waals surface area contributed by atoms with E-state index in [1.807, 2.05) is 24.3 Å². The molecule has 1 aromatic carbocycles. The number of hydrogen-bond acceptors (Lipinski definition) is 2. The number of hydrogen-bond donors (Lipinski definition) is 1. The highest BCUT2D eigenvalue weighted by atomic mass is 35.5. The van der Waals surface area contributed by atoms with Gasteiger partial charge in [-0.1, -0.05) is 23.7 Å². The van der Waals surface area contributed by atoms with Crippen LogP contribution in [0, 0.1) is 0 Å². The molecule has 0 amide bonds. The van der Waals surface area contributed by atoms with Gasteiger partial charge in [0.2, 0.25) is 0 Å². The molecule has 1 atom stereocenters. The van der Waals surface area contributed by atoms with Gasteiger partial charge >= 0.3 is 0 Å². The highest BCUT2D eigenvalue weighted by Crippen LogP contribution is 2.43. The fourth-order valence-electron chi connectivity index (χ4n) is 3.09. The summed E-state index contributed by atoms with van der Waals surface area (Å²) in [6, 6.07) is 11.7. The summed E-state index contributed by atoms with van der Waals surface area (Å²) in [5.74, 6) is 0.0860. The minimum Gasteiger partial charge on any atom is -0.506 e. The maximum atomic E-state index is 10.5. The summed E-state index contributed by atoms with van der Waals surface area (Å²) in [4.78, 5) is 0. The quantitative estimate of drug-likeness (QED) is 0.546. The molecular formula is C17H13ClNO2+. The number of fused-ring (bicyclic) bond motifs is 2. The maximum absolute atomic E-state index is 10.5. The second-order valence-corrected chi connectivity index (χ2v) is 5.62. The van der Waals surface area contributed by atoms with Crippen molar-refractivity contribution in [3.63, 3.8) is 0 Å². The fourth-order valence-corrected chi connectivity index (χ4v) is 3.25. The summed E-state index contributed by atoms with van der Waals surface area (Å²) >= 11 is 6.12. The predicted molar refractivity (Wildman–Crippen MR) is 78.5 cm³/mol. The highest BCUT2D eigenvalue weighted by molar-refractivity contribution is 6.32. The normalized spacial score (nSPS) is 16.3. The van der Waals surface area contributed by atoms with Gasteiger partial charge in [0, 0.05) is 28.8 Å². The minimum atomic E-state index is -0.0765. The molecular weight excluding hydrogens is 286 g/mol. The molecule has 0 spiro atoms. The number of furan rings is 1. The van der Waals surface area contributed by atoms with E-state index in [4.69, 9.17) is 16.0 Å². The Morgan fingerprint density at radius 2 is 2.10 bits per heavy atom. The van der Waals surface area contributed by atoms with Gasteiger partial charge in [0.1, 0.15) is 11.7 Å². The van der Waals surface area contributed by atoms with Gasteiger partial charge in [-0.3, -0.25) is 0 Å². The Balaban J connectivity index is 2.03. The Kier molecular flexibility index (Phi) is 2.76. The lowest BCUT2D eigenvalue weighted by molar-refractivity contribution is -0.698. The summed E-state index contributed by atoms with van der Waals surface area (Å²) in [7, 11) is 0. The largest absolute Gasteiger partial charge is 0.506 e. The van der Waals surface area contributed by atoms with Crippen molar-refractivity contribution in [1.82, 2.24) is 0 Å². The van der Waals surface area contributed by atoms with Gasteiger partial charge in [-0.2, -0.15) is 4.57 Å². The standard InChI is InChI=1S/C17H12ClNO2/c18-13-5-4-11-9-19-7-2-1-3-14(19)15(16(11)17(13)20)12-6-8-21-10-12/h1-8,10,15H,9H2/p+1. The monoisotopic (exact) mass is 298 g/mol. The van der Waals surface area contributed by atoms with Crippen LogP contribution in [0.3, 0.4) is 0 Å². The molecule has 0 fully saturated rings. The third kappa shape index (κ3) is 1.85. The molecule has 0 aliphatic carbocycles. The molecule has 21 heavy (non-hydrogen) atoms. The van der Waals surface area contributed by atoms with E-state index in [0.29, 0.717) is 5.02 Å². The summed E-state index contributed by atoms with van der Waals surface area (Å²) in [6.45, 7) is 0.727. The third-order valence-corrected chi connectivity index (χ3v) is 4.34. The van der Waals surface area contributed by atoms with Gasteiger partial charge in [-0.05, 0) is 12.1 Å². The third-order valence-electron chi connectivity index (χ3n) is 4.04. The van der Waals surface area contributed by atoms with Gasteiger partial charge < -0.3 is 9.52 Å². The van der Waals surface area contributed by atoms with E-state index < -0.39 is 0 Å². The molecule has 3 heterocycles. The van der Waals surface area contributed by atoms with Crippen LogP contribution in [0.1, 0.15) is 28.3 Å². The zero-order valence-corrected chi connectivity index (χ0v) is 11.9. The number of aromatic nitrogens is 1. The highest BCUT2D eigenvalue weighted by Gasteiger charge is 2.36. The van der Waals surface area contributed by atoms with Crippen molar-refractivity contribution < 1.29 is 14.1 Å². The van der Waals surface area contributed by atoms with Crippen LogP contribution in [0.5, 0.6) is 5.75 Å². The van der Waals surface area contributed by atoms with E-state index in [-0.39, 0.29) is 11.7 Å². The SMILES string of the molecule is Oc1c(Cl)ccc2c1C(c1ccoc1)c1cccc[n+]1C2. The molecule has 3 aromatic rings. The van der Waals surface area contributed by atoms with Gasteiger partial charge in [0.15, 0.2) is 18.4 Å². The summed E-state index contributed by atoms with van der Waals surface area (Å²) in [5.41, 5.74) is 4.07. The van der Waals surface area contributed by atoms with E-state index in [1.54, 1.807) is 18.6 Å². The maximum Gasteiger partial charge on any atom is 0.193 e. The van der Waals surface area contributed by atoms with Gasteiger partial charge in [-0.15, -0.1) is 0 Å². The molecule has 0 saturated heterocycles. The molecule has 4 rings (SSSR count). The number of nitrogens with zero attached hydrogens (tertiary/aromatic N) is 1. The number of phenols is 1. The molecule has 1 aliphatic rings. The van der Waals surface area contributed by atoms with Crippen LogP contribution in [-0.4, -0.2) is 5.11 Å². The lowest BCUT2D eigenvalue weighted by Crippen LogP contribution is -2.43. The van der Waals surface area contributed by atoms with Crippen LogP contribution < -0.4 is 4.57 Å². The first-order valence-corrected chi connectivity index (χ1v) is 7.14. The predicted octanol–water partition coefficient (Wildman–Crippen LogP) is 3.47. The summed E-state index contributed by atoms with van der Waals surface area (Å²) < 4.78 is 7.43. The Bertz CT molecular complexity index is 812. The summed E-state index contributed by atoms with van der Waals surface area (Å²) in [6.07, 6.45) is 5.42. The van der Waals surface area contributed by atoms with Crippen LogP contribution >= 0.6 is 11.6 Å². The van der Waals surface area contributed by atoms with Gasteiger partial charge in [0.25, 0.3) is 0 Å². The molecule has 1 aliphatic heterocycles. The second-order valence-electron chi connectivity index (χ2n) is 5.21. The lowest BCUT2D eigenvalue weighted by atomic mass is 9.83. The van der Waals surface area contributed by atoms with E-state index in [0.717, 1.165) is 28.9 Å². The Labute approximate surface area is 127 Å². The van der Waals surface area contributed by atoms with Crippen LogP contribution in [0.2, 0.25) is 5.02 Å². The van der Waals surface area contributed by atoms with Crippen molar-refractivity contribution >= 4 is 11.6 Å². The molecule has 3 nitrogen and oxygen atoms in total. The van der Waals surface area contributed by atoms with E-state index >= 15 is 0 Å². The molecule has 104 valence electrons. The van der Waals surface area contributed by atoms with Crippen molar-refractivity contribution in [3.05, 3.63) is 82.5 Å². The second kappa shape index (κ2) is 4.64. The first-order valence-electron chi connectivity index (χ1n) is 6.76. The summed E-state index contributed by atoms with van der Waals surface area (Å²) in [5, 5.41) is 10.8. The smallest absolute Gasteiger partial charge is 0.193 e. The number of rotatable bonds is 1. The number of phenolic OH excluding ortho intramolecular Hbond substituents is 1. The molecule has 1 N–H and O–H groups in total. The molecule has 4 heteroatoms. The number of aromatic hydroxyl groups is 1. The average molecular weight is 299 g/mol. The molecule has 2 aromatic heterocycles. The van der Waals surface area contributed by atoms with Crippen molar-refractivity contribution in [2.45, 2.75) is 12.5 Å². The number of pyridine rings is 1. The van der Waals surface area contributed by atoms with Gasteiger partial charge in [-0.25, -0.2) is 0 Å². The minimum absolute atomic E-state index is 0.0765. The Morgan fingerprint density at radius 3 is 2.90 bits per heavy atom. The van der Waals surface area contributed by atoms with E-state index in [2.05, 4.69) is 16.8 Å². The average Bonchev–Trinajstić information content (AvgIpc) is 3.03. The number of benzene rings is 1. The van der Waals surface area contributed by atoms with Crippen LogP contribution in [-0.2, 0) is 6.54 Å².